The Morgan fingerprint density at radius 3 is 2.64 bits per heavy atom. The summed E-state index contributed by atoms with van der Waals surface area (Å²) in [5.41, 5.74) is -0.0498. The van der Waals surface area contributed by atoms with Gasteiger partial charge in [-0.15, -0.1) is 0 Å². The molecule has 4 heterocycles. The number of piperidine rings is 1. The number of fused-ring (bicyclic) bond motifs is 1. The predicted molar refractivity (Wildman–Crippen MR) is 135 cm³/mol. The van der Waals surface area contributed by atoms with E-state index in [-0.39, 0.29) is 17.7 Å². The Labute approximate surface area is 208 Å². The molecule has 1 amide bonds. The number of alkyl halides is 3. The van der Waals surface area contributed by atoms with Crippen LogP contribution in [0.3, 0.4) is 0 Å². The van der Waals surface area contributed by atoms with Crippen molar-refractivity contribution in [1.29, 1.82) is 0 Å². The number of amides is 1. The van der Waals surface area contributed by atoms with Crippen molar-refractivity contribution in [3.8, 4) is 11.3 Å². The molecule has 0 bridgehead atoms. The van der Waals surface area contributed by atoms with Crippen molar-refractivity contribution in [3.05, 3.63) is 30.1 Å². The van der Waals surface area contributed by atoms with Crippen LogP contribution in [0.2, 0.25) is 0 Å². The second-order valence-electron chi connectivity index (χ2n) is 10.0. The summed E-state index contributed by atoms with van der Waals surface area (Å²) in [5, 5.41) is 3.67. The van der Waals surface area contributed by atoms with Gasteiger partial charge in [0.25, 0.3) is 0 Å². The minimum Gasteiger partial charge on any atom is -0.444 e. The van der Waals surface area contributed by atoms with Gasteiger partial charge >= 0.3 is 12.3 Å². The predicted octanol–water partition coefficient (Wildman–Crippen LogP) is 5.22. The molecule has 1 saturated heterocycles. The van der Waals surface area contributed by atoms with Gasteiger partial charge in [-0.25, -0.2) is 19.7 Å². The SMILES string of the molecule is CP(C)c1ccc2c(-c3nc(NC4CCCN(C(=O)OC(C)(C)C)C4)ncc3C(F)(F)F)c[nH]c2n1. The highest BCUT2D eigenvalue weighted by molar-refractivity contribution is 7.63. The molecule has 4 rings (SSSR count). The zero-order valence-corrected chi connectivity index (χ0v) is 21.8. The number of anilines is 1. The van der Waals surface area contributed by atoms with Gasteiger partial charge in [0.15, 0.2) is 0 Å². The molecule has 1 unspecified atom stereocenters. The lowest BCUT2D eigenvalue weighted by Gasteiger charge is -2.34. The quantitative estimate of drug-likeness (QED) is 0.457. The van der Waals surface area contributed by atoms with E-state index in [9.17, 15) is 18.0 Å². The number of likely N-dealkylation sites (tertiary alicyclic amines) is 1. The first kappa shape index (κ1) is 26.1. The Balaban J connectivity index is 1.63. The van der Waals surface area contributed by atoms with Crippen LogP contribution in [0, 0.1) is 0 Å². The van der Waals surface area contributed by atoms with Crippen LogP contribution in [0.4, 0.5) is 23.9 Å². The van der Waals surface area contributed by atoms with E-state index in [0.29, 0.717) is 29.7 Å². The average molecular weight is 523 g/mol. The number of aromatic nitrogens is 4. The largest absolute Gasteiger partial charge is 0.444 e. The summed E-state index contributed by atoms with van der Waals surface area (Å²) in [6.45, 7) is 10.4. The number of nitrogens with zero attached hydrogens (tertiary/aromatic N) is 4. The number of H-pyrrole nitrogens is 1. The summed E-state index contributed by atoms with van der Waals surface area (Å²) in [6.07, 6.45) is -1.31. The highest BCUT2D eigenvalue weighted by Crippen LogP contribution is 2.38. The molecule has 2 N–H and O–H groups in total. The number of ether oxygens (including phenoxy) is 1. The molecule has 36 heavy (non-hydrogen) atoms. The van der Waals surface area contributed by atoms with Gasteiger partial charge in [-0.05, 0) is 59.1 Å². The number of pyridine rings is 1. The summed E-state index contributed by atoms with van der Waals surface area (Å²) in [7, 11) is -0.454. The number of carbonyl (C=O) groups is 1. The number of hydrogen-bond donors (Lipinski definition) is 2. The Morgan fingerprint density at radius 1 is 1.22 bits per heavy atom. The van der Waals surface area contributed by atoms with Gasteiger partial charge in [-0.1, -0.05) is 7.92 Å². The van der Waals surface area contributed by atoms with Gasteiger partial charge in [-0.3, -0.25) is 0 Å². The Bertz CT molecular complexity index is 1250. The first-order chi connectivity index (χ1) is 16.8. The van der Waals surface area contributed by atoms with Gasteiger partial charge in [0.05, 0.1) is 11.1 Å². The lowest BCUT2D eigenvalue weighted by atomic mass is 10.1. The van der Waals surface area contributed by atoms with E-state index in [0.717, 1.165) is 24.5 Å². The normalized spacial score (nSPS) is 17.0. The Morgan fingerprint density at radius 2 is 1.97 bits per heavy atom. The zero-order valence-electron chi connectivity index (χ0n) is 20.9. The molecule has 0 radical (unpaired) electrons. The Hall–Kier alpha value is -2.94. The standard InChI is InChI=1S/C24H30F3N6O2P/c1-23(2,3)35-22(34)33-10-6-7-14(13-33)30-21-29-12-17(24(25,26)27)19(32-21)16-11-28-20-15(16)8-9-18(31-20)36(4)5/h8-9,11-12,14H,6-7,10,13H2,1-5H3,(H,28,31)(H,29,30,32). The molecular formula is C24H30F3N6O2P. The molecule has 1 atom stereocenters. The zero-order chi connectivity index (χ0) is 26.3. The van der Waals surface area contributed by atoms with E-state index in [1.165, 1.54) is 6.20 Å². The topological polar surface area (TPSA) is 96.0 Å². The van der Waals surface area contributed by atoms with Crippen LogP contribution in [0.25, 0.3) is 22.3 Å². The van der Waals surface area contributed by atoms with Gasteiger partial charge in [0, 0.05) is 42.5 Å². The van der Waals surface area contributed by atoms with E-state index in [4.69, 9.17) is 4.74 Å². The molecule has 1 fully saturated rings. The van der Waals surface area contributed by atoms with Crippen LogP contribution in [0.5, 0.6) is 0 Å². The number of carbonyl (C=O) groups excluding carboxylic acids is 1. The first-order valence-corrected chi connectivity index (χ1v) is 13.9. The first-order valence-electron chi connectivity index (χ1n) is 11.7. The summed E-state index contributed by atoms with van der Waals surface area (Å²) < 4.78 is 47.1. The van der Waals surface area contributed by atoms with Crippen molar-refractivity contribution in [2.75, 3.05) is 31.7 Å². The maximum absolute atomic E-state index is 13.9. The Kier molecular flexibility index (Phi) is 7.14. The second kappa shape index (κ2) is 9.84. The fraction of sp³-hybridized carbons (Fsp3) is 0.500. The number of halogens is 3. The lowest BCUT2D eigenvalue weighted by Crippen LogP contribution is -2.47. The van der Waals surface area contributed by atoms with Crippen LogP contribution in [-0.4, -0.2) is 69.0 Å². The molecule has 194 valence electrons. The fourth-order valence-electron chi connectivity index (χ4n) is 4.07. The monoisotopic (exact) mass is 522 g/mol. The molecule has 0 aromatic carbocycles. The molecule has 8 nitrogen and oxygen atoms in total. The molecule has 3 aromatic heterocycles. The van der Waals surface area contributed by atoms with Crippen molar-refractivity contribution >= 4 is 36.4 Å². The van der Waals surface area contributed by atoms with Gasteiger partial charge in [-0.2, -0.15) is 13.2 Å². The minimum absolute atomic E-state index is 0.0682. The van der Waals surface area contributed by atoms with E-state index >= 15 is 0 Å². The molecule has 1 aliphatic rings. The van der Waals surface area contributed by atoms with E-state index in [1.807, 2.05) is 6.07 Å². The third kappa shape index (κ3) is 5.88. The van der Waals surface area contributed by atoms with E-state index in [2.05, 4.69) is 38.6 Å². The lowest BCUT2D eigenvalue weighted by molar-refractivity contribution is -0.137. The highest BCUT2D eigenvalue weighted by atomic mass is 31.1. The number of aromatic amines is 1. The van der Waals surface area contributed by atoms with Crippen LogP contribution in [0.15, 0.2) is 24.5 Å². The summed E-state index contributed by atoms with van der Waals surface area (Å²) in [5.74, 6) is 0.0682. The molecule has 3 aromatic rings. The van der Waals surface area contributed by atoms with E-state index < -0.39 is 31.4 Å². The van der Waals surface area contributed by atoms with Crippen LogP contribution in [0.1, 0.15) is 39.2 Å². The third-order valence-electron chi connectivity index (χ3n) is 5.74. The van der Waals surface area contributed by atoms with Gasteiger partial charge in [0.2, 0.25) is 5.95 Å². The molecular weight excluding hydrogens is 492 g/mol. The molecule has 0 aliphatic carbocycles. The van der Waals surface area contributed by atoms with Crippen LogP contribution in [-0.2, 0) is 10.9 Å². The van der Waals surface area contributed by atoms with Gasteiger partial charge < -0.3 is 19.9 Å². The van der Waals surface area contributed by atoms with Crippen molar-refractivity contribution in [1.82, 2.24) is 24.8 Å². The molecule has 12 heteroatoms. The van der Waals surface area contributed by atoms with Crippen LogP contribution < -0.4 is 10.8 Å². The maximum atomic E-state index is 13.9. The fourth-order valence-corrected chi connectivity index (χ4v) is 4.75. The van der Waals surface area contributed by atoms with Gasteiger partial charge in [0.1, 0.15) is 16.8 Å². The molecule has 0 saturated carbocycles. The van der Waals surface area contributed by atoms with Crippen molar-refractivity contribution in [2.45, 2.75) is 51.4 Å². The average Bonchev–Trinajstić information content (AvgIpc) is 3.20. The highest BCUT2D eigenvalue weighted by Gasteiger charge is 2.36. The molecule has 0 spiro atoms. The number of nitrogens with one attached hydrogen (secondary N) is 2. The molecule has 1 aliphatic heterocycles. The maximum Gasteiger partial charge on any atom is 0.419 e. The summed E-state index contributed by atoms with van der Waals surface area (Å²) >= 11 is 0. The third-order valence-corrected chi connectivity index (χ3v) is 6.90. The number of rotatable bonds is 4. The van der Waals surface area contributed by atoms with Crippen LogP contribution >= 0.6 is 7.92 Å². The van der Waals surface area contributed by atoms with E-state index in [1.54, 1.807) is 31.7 Å². The smallest absolute Gasteiger partial charge is 0.419 e. The minimum atomic E-state index is -4.63. The summed E-state index contributed by atoms with van der Waals surface area (Å²) in [6, 6.07) is 3.39. The summed E-state index contributed by atoms with van der Waals surface area (Å²) in [4.78, 5) is 29.9. The van der Waals surface area contributed by atoms with Crippen molar-refractivity contribution in [2.24, 2.45) is 0 Å². The van der Waals surface area contributed by atoms with Crippen molar-refractivity contribution < 1.29 is 22.7 Å². The number of hydrogen-bond acceptors (Lipinski definition) is 6. The van der Waals surface area contributed by atoms with Crippen molar-refractivity contribution in [3.63, 3.8) is 0 Å². The second-order valence-corrected chi connectivity index (χ2v) is 12.3.